The molecule has 0 atom stereocenters. The summed E-state index contributed by atoms with van der Waals surface area (Å²) >= 11 is 3.42. The fraction of sp³-hybridized carbons (Fsp3) is 0.579. The molecule has 1 fully saturated rings. The maximum atomic E-state index is 15.3. The van der Waals surface area contributed by atoms with Crippen molar-refractivity contribution in [3.8, 4) is 0 Å². The maximum Gasteiger partial charge on any atom is 0.525 e. The van der Waals surface area contributed by atoms with Gasteiger partial charge in [0.25, 0.3) is 0 Å². The summed E-state index contributed by atoms with van der Waals surface area (Å²) in [6.07, 6.45) is 1.41. The quantitative estimate of drug-likeness (QED) is 0.432. The van der Waals surface area contributed by atoms with Crippen LogP contribution in [0.4, 0.5) is 4.39 Å². The predicted molar refractivity (Wildman–Crippen MR) is 104 cm³/mol. The lowest BCUT2D eigenvalue weighted by Crippen LogP contribution is -2.41. The molecule has 1 aromatic rings. The largest absolute Gasteiger partial charge is 0.525 e. The van der Waals surface area contributed by atoms with Crippen LogP contribution >= 0.6 is 15.9 Å². The summed E-state index contributed by atoms with van der Waals surface area (Å²) in [4.78, 5) is 0. The van der Waals surface area contributed by atoms with Crippen molar-refractivity contribution in [3.63, 3.8) is 0 Å². The van der Waals surface area contributed by atoms with E-state index >= 15 is 4.39 Å². The molecule has 0 aliphatic carbocycles. The van der Waals surface area contributed by atoms with E-state index in [-0.39, 0.29) is 5.73 Å². The van der Waals surface area contributed by atoms with Gasteiger partial charge in [-0.3, -0.25) is 0 Å². The van der Waals surface area contributed by atoms with Crippen LogP contribution in [0.3, 0.4) is 0 Å². The van der Waals surface area contributed by atoms with Crippen molar-refractivity contribution in [1.82, 2.24) is 0 Å². The van der Waals surface area contributed by atoms with Crippen molar-refractivity contribution in [3.05, 3.63) is 40.0 Å². The molecular weight excluding hydrogens is 386 g/mol. The molecule has 0 N–H and O–H groups in total. The van der Waals surface area contributed by atoms with E-state index in [1.165, 1.54) is 0 Å². The van der Waals surface area contributed by atoms with Crippen LogP contribution in [-0.2, 0) is 14.0 Å². The molecule has 1 heterocycles. The smallest absolute Gasteiger partial charge is 0.398 e. The molecular formula is C19H27BBrFO3. The highest BCUT2D eigenvalue weighted by molar-refractivity contribution is 9.10. The molecule has 0 saturated carbocycles. The van der Waals surface area contributed by atoms with E-state index in [1.807, 2.05) is 52.0 Å². The molecule has 0 aromatic heterocycles. The average molecular weight is 413 g/mol. The second kappa shape index (κ2) is 8.34. The van der Waals surface area contributed by atoms with Gasteiger partial charge >= 0.3 is 7.12 Å². The van der Waals surface area contributed by atoms with E-state index in [2.05, 4.69) is 22.9 Å². The third-order valence-electron chi connectivity index (χ3n) is 4.79. The Morgan fingerprint density at radius 2 is 1.64 bits per heavy atom. The predicted octanol–water partition coefficient (Wildman–Crippen LogP) is 5.58. The number of hydrogen-bond donors (Lipinski definition) is 0. The minimum Gasteiger partial charge on any atom is -0.398 e. The highest BCUT2D eigenvalue weighted by atomic mass is 79.9. The van der Waals surface area contributed by atoms with Gasteiger partial charge in [0, 0.05) is 11.1 Å². The van der Waals surface area contributed by atoms with Gasteiger partial charge in [-0.25, -0.2) is 4.39 Å². The Morgan fingerprint density at radius 3 is 2.16 bits per heavy atom. The Balaban J connectivity index is 2.29. The van der Waals surface area contributed by atoms with Gasteiger partial charge in [-0.2, -0.15) is 0 Å². The molecule has 6 heteroatoms. The minimum atomic E-state index is -0.991. The van der Waals surface area contributed by atoms with Crippen LogP contribution in [0, 0.1) is 0 Å². The third-order valence-corrected chi connectivity index (χ3v) is 5.31. The molecule has 3 nitrogen and oxygen atoms in total. The fourth-order valence-corrected chi connectivity index (χ4v) is 2.83. The fourth-order valence-electron chi connectivity index (χ4n) is 2.56. The number of benzene rings is 1. The number of hydrogen-bond acceptors (Lipinski definition) is 3. The molecule has 1 aliphatic heterocycles. The second-order valence-corrected chi connectivity index (χ2v) is 8.20. The lowest BCUT2D eigenvalue weighted by Gasteiger charge is -2.32. The molecule has 0 bridgehead atoms. The van der Waals surface area contributed by atoms with Crippen LogP contribution in [0.25, 0.3) is 5.57 Å². The Kier molecular flexibility index (Phi) is 6.88. The molecule has 1 aromatic carbocycles. The molecule has 0 unspecified atom stereocenters. The van der Waals surface area contributed by atoms with E-state index < -0.39 is 18.3 Å². The highest BCUT2D eigenvalue weighted by Crippen LogP contribution is 2.40. The van der Waals surface area contributed by atoms with Gasteiger partial charge in [-0.05, 0) is 63.8 Å². The zero-order chi connectivity index (χ0) is 18.7. The van der Waals surface area contributed by atoms with Crippen molar-refractivity contribution in [1.29, 1.82) is 0 Å². The zero-order valence-corrected chi connectivity index (χ0v) is 17.3. The SMILES string of the molecule is CCCOCCC(=C(F)B1OC(C)(C)C(C)(C)O1)c1ccc(Br)cc1. The summed E-state index contributed by atoms with van der Waals surface area (Å²) in [7, 11) is -0.991. The van der Waals surface area contributed by atoms with Gasteiger partial charge in [0.15, 0.2) is 0 Å². The van der Waals surface area contributed by atoms with Gasteiger partial charge in [-0.1, -0.05) is 35.0 Å². The molecule has 0 amide bonds. The zero-order valence-electron chi connectivity index (χ0n) is 15.7. The molecule has 0 spiro atoms. The Morgan fingerprint density at radius 1 is 1.08 bits per heavy atom. The molecule has 2 rings (SSSR count). The van der Waals surface area contributed by atoms with E-state index in [9.17, 15) is 0 Å². The number of ether oxygens (including phenoxy) is 1. The second-order valence-electron chi connectivity index (χ2n) is 7.28. The van der Waals surface area contributed by atoms with Crippen molar-refractivity contribution in [2.24, 2.45) is 0 Å². The molecule has 1 saturated heterocycles. The lowest BCUT2D eigenvalue weighted by atomic mass is 9.82. The van der Waals surface area contributed by atoms with E-state index in [1.54, 1.807) is 0 Å². The van der Waals surface area contributed by atoms with E-state index in [0.717, 1.165) is 16.5 Å². The topological polar surface area (TPSA) is 27.7 Å². The first-order chi connectivity index (χ1) is 11.7. The summed E-state index contributed by atoms with van der Waals surface area (Å²) in [6, 6.07) is 7.59. The first-order valence-corrected chi connectivity index (χ1v) is 9.55. The first kappa shape index (κ1) is 20.6. The molecule has 1 aliphatic rings. The molecule has 25 heavy (non-hydrogen) atoms. The van der Waals surface area contributed by atoms with E-state index in [4.69, 9.17) is 14.0 Å². The van der Waals surface area contributed by atoms with Crippen LogP contribution < -0.4 is 0 Å². The van der Waals surface area contributed by atoms with Crippen LogP contribution in [-0.4, -0.2) is 31.5 Å². The normalized spacial score (nSPS) is 19.9. The van der Waals surface area contributed by atoms with Crippen LogP contribution in [0.15, 0.2) is 34.5 Å². The Bertz CT molecular complexity index is 598. The van der Waals surface area contributed by atoms with E-state index in [0.29, 0.717) is 25.2 Å². The van der Waals surface area contributed by atoms with Gasteiger partial charge < -0.3 is 14.0 Å². The average Bonchev–Trinajstić information content (AvgIpc) is 2.76. The lowest BCUT2D eigenvalue weighted by molar-refractivity contribution is 0.00578. The van der Waals surface area contributed by atoms with Crippen LogP contribution in [0.1, 0.15) is 53.0 Å². The summed E-state index contributed by atoms with van der Waals surface area (Å²) in [5.74, 6) is 0. The standard InChI is InChI=1S/C19H27BBrFO3/c1-6-12-23-13-11-16(14-7-9-15(21)10-8-14)17(22)20-24-18(2,3)19(4,5)25-20/h7-10H,6,11-13H2,1-5H3. The third kappa shape index (κ3) is 4.94. The van der Waals surface area contributed by atoms with Gasteiger partial charge in [-0.15, -0.1) is 0 Å². The van der Waals surface area contributed by atoms with Gasteiger partial charge in [0.05, 0.1) is 17.8 Å². The molecule has 0 radical (unpaired) electrons. The first-order valence-electron chi connectivity index (χ1n) is 8.76. The highest BCUT2D eigenvalue weighted by Gasteiger charge is 2.53. The van der Waals surface area contributed by atoms with Crippen molar-refractivity contribution < 1.29 is 18.4 Å². The monoisotopic (exact) mass is 412 g/mol. The maximum absolute atomic E-state index is 15.3. The van der Waals surface area contributed by atoms with Gasteiger partial charge in [0.1, 0.15) is 5.73 Å². The minimum absolute atomic E-state index is 0.374. The Labute approximate surface area is 159 Å². The number of halogens is 2. The van der Waals surface area contributed by atoms with Crippen molar-refractivity contribution >= 4 is 28.6 Å². The summed E-state index contributed by atoms with van der Waals surface area (Å²) in [6.45, 7) is 10.9. The number of rotatable bonds is 7. The van der Waals surface area contributed by atoms with Crippen LogP contribution in [0.2, 0.25) is 0 Å². The molecule has 138 valence electrons. The summed E-state index contributed by atoms with van der Waals surface area (Å²) in [5, 5.41) is 0. The van der Waals surface area contributed by atoms with Crippen molar-refractivity contribution in [2.75, 3.05) is 13.2 Å². The van der Waals surface area contributed by atoms with Gasteiger partial charge in [0.2, 0.25) is 0 Å². The summed E-state index contributed by atoms with van der Waals surface area (Å²) in [5.41, 5.74) is -0.129. The van der Waals surface area contributed by atoms with Crippen molar-refractivity contribution in [2.45, 2.75) is 58.7 Å². The Hall–Kier alpha value is -0.685. The summed E-state index contributed by atoms with van der Waals surface area (Å²) < 4.78 is 33.6. The van der Waals surface area contributed by atoms with Crippen LogP contribution in [0.5, 0.6) is 0 Å².